The molecule has 9 aromatic rings. The molecular weight excluding hydrogens is 629 g/mol. The molecule has 0 fully saturated rings. The van der Waals surface area contributed by atoms with Gasteiger partial charge in [0.25, 0.3) is 0 Å². The molecule has 1 aliphatic carbocycles. The summed E-state index contributed by atoms with van der Waals surface area (Å²) in [5.74, 6) is 0.728. The highest BCUT2D eigenvalue weighted by atomic mass is 14.9. The third-order valence-electron chi connectivity index (χ3n) is 11.0. The first kappa shape index (κ1) is 30.4. The van der Waals surface area contributed by atoms with Gasteiger partial charge in [-0.2, -0.15) is 0 Å². The summed E-state index contributed by atoms with van der Waals surface area (Å²) < 4.78 is 0. The molecule has 0 saturated carbocycles. The van der Waals surface area contributed by atoms with E-state index in [4.69, 9.17) is 9.97 Å². The molecule has 0 spiro atoms. The number of fused-ring (bicyclic) bond motifs is 7. The van der Waals surface area contributed by atoms with Gasteiger partial charge in [-0.3, -0.25) is 0 Å². The summed E-state index contributed by atoms with van der Waals surface area (Å²) in [5, 5.41) is 5.93. The Morgan fingerprint density at radius 1 is 0.423 bits per heavy atom. The Kier molecular flexibility index (Phi) is 6.94. The van der Waals surface area contributed by atoms with Crippen LogP contribution in [0.2, 0.25) is 0 Å². The highest BCUT2D eigenvalue weighted by Crippen LogP contribution is 2.48. The molecule has 0 aliphatic heterocycles. The summed E-state index contributed by atoms with van der Waals surface area (Å²) in [5.41, 5.74) is 14.5. The van der Waals surface area contributed by atoms with Crippen molar-refractivity contribution in [2.45, 2.75) is 25.7 Å². The van der Waals surface area contributed by atoms with Crippen LogP contribution in [0.1, 0.15) is 36.1 Å². The average molecular weight is 665 g/mol. The lowest BCUT2D eigenvalue weighted by Crippen LogP contribution is -2.15. The van der Waals surface area contributed by atoms with Gasteiger partial charge in [-0.05, 0) is 90.7 Å². The molecule has 0 amide bonds. The Labute approximate surface area is 304 Å². The maximum Gasteiger partial charge on any atom is 0.160 e. The van der Waals surface area contributed by atoms with Crippen molar-refractivity contribution < 1.29 is 0 Å². The molecule has 0 N–H and O–H groups in total. The van der Waals surface area contributed by atoms with Crippen LogP contribution in [0.4, 0.5) is 0 Å². The maximum absolute atomic E-state index is 5.28. The quantitative estimate of drug-likeness (QED) is 0.135. The van der Waals surface area contributed by atoms with Crippen molar-refractivity contribution in [3.05, 3.63) is 192 Å². The highest BCUT2D eigenvalue weighted by molar-refractivity contribution is 6.13. The molecule has 1 heterocycles. The van der Waals surface area contributed by atoms with Crippen molar-refractivity contribution in [1.82, 2.24) is 9.97 Å². The van der Waals surface area contributed by atoms with Gasteiger partial charge in [-0.25, -0.2) is 9.97 Å². The molecule has 0 bridgehead atoms. The Balaban J connectivity index is 1.03. The minimum atomic E-state index is -0.00306. The molecule has 246 valence electrons. The van der Waals surface area contributed by atoms with Gasteiger partial charge in [0.1, 0.15) is 0 Å². The second kappa shape index (κ2) is 11.9. The lowest BCUT2D eigenvalue weighted by Gasteiger charge is -2.22. The molecule has 8 aromatic carbocycles. The molecule has 0 unspecified atom stereocenters. The molecule has 1 aliphatic rings. The molecule has 2 nitrogen and oxygen atoms in total. The normalized spacial score (nSPS) is 13.0. The fourth-order valence-electron chi connectivity index (χ4n) is 8.37. The van der Waals surface area contributed by atoms with E-state index >= 15 is 0 Å². The van der Waals surface area contributed by atoms with E-state index in [-0.39, 0.29) is 5.41 Å². The zero-order valence-electron chi connectivity index (χ0n) is 29.3. The standard InChI is InChI=1S/C50H36N2/c1-50(2)45-21-9-8-20-41(45)42-25-22-33(28-46(42)50)26-32-12-10-16-36(27-32)37-17-11-18-39(29-37)49-51-47-30-38-24-23-34-13-6-7-19-40(34)43(38)31-44(47)48(52-49)35-14-4-3-5-15-35/h3-25,27-31H,26H2,1-2H3. The first-order valence-corrected chi connectivity index (χ1v) is 18.1. The van der Waals surface area contributed by atoms with Gasteiger partial charge in [0.2, 0.25) is 0 Å². The molecule has 0 atom stereocenters. The van der Waals surface area contributed by atoms with Crippen molar-refractivity contribution in [1.29, 1.82) is 0 Å². The summed E-state index contributed by atoms with van der Waals surface area (Å²) in [4.78, 5) is 10.5. The van der Waals surface area contributed by atoms with Gasteiger partial charge in [0.15, 0.2) is 5.82 Å². The lowest BCUT2D eigenvalue weighted by atomic mass is 9.81. The van der Waals surface area contributed by atoms with Crippen LogP contribution < -0.4 is 0 Å². The second-order valence-electron chi connectivity index (χ2n) is 14.6. The van der Waals surface area contributed by atoms with E-state index < -0.39 is 0 Å². The fourth-order valence-corrected chi connectivity index (χ4v) is 8.37. The molecular formula is C50H36N2. The molecule has 0 radical (unpaired) electrons. The zero-order chi connectivity index (χ0) is 34.8. The number of rotatable bonds is 5. The van der Waals surface area contributed by atoms with Crippen molar-refractivity contribution in [2.24, 2.45) is 0 Å². The third kappa shape index (κ3) is 5.02. The highest BCUT2D eigenvalue weighted by Gasteiger charge is 2.35. The smallest absolute Gasteiger partial charge is 0.160 e. The summed E-state index contributed by atoms with van der Waals surface area (Å²) in [6.07, 6.45) is 0.880. The summed E-state index contributed by atoms with van der Waals surface area (Å²) in [6.45, 7) is 4.70. The second-order valence-corrected chi connectivity index (χ2v) is 14.6. The van der Waals surface area contributed by atoms with E-state index in [2.05, 4.69) is 184 Å². The van der Waals surface area contributed by atoms with Crippen molar-refractivity contribution >= 4 is 32.4 Å². The van der Waals surface area contributed by atoms with Gasteiger partial charge < -0.3 is 0 Å². The third-order valence-corrected chi connectivity index (χ3v) is 11.0. The van der Waals surface area contributed by atoms with Crippen LogP contribution >= 0.6 is 0 Å². The van der Waals surface area contributed by atoms with Gasteiger partial charge in [0, 0.05) is 21.9 Å². The van der Waals surface area contributed by atoms with Crippen molar-refractivity contribution in [3.63, 3.8) is 0 Å². The van der Waals surface area contributed by atoms with Crippen LogP contribution in [0.15, 0.2) is 170 Å². The predicted molar refractivity (Wildman–Crippen MR) is 218 cm³/mol. The van der Waals surface area contributed by atoms with Crippen LogP contribution in [0.25, 0.3) is 77.3 Å². The number of nitrogens with zero attached hydrogens (tertiary/aromatic N) is 2. The molecule has 2 heteroatoms. The van der Waals surface area contributed by atoms with E-state index in [1.54, 1.807) is 0 Å². The largest absolute Gasteiger partial charge is 0.228 e. The topological polar surface area (TPSA) is 25.8 Å². The fraction of sp³-hybridized carbons (Fsp3) is 0.0800. The zero-order valence-corrected chi connectivity index (χ0v) is 29.3. The van der Waals surface area contributed by atoms with Crippen molar-refractivity contribution in [2.75, 3.05) is 0 Å². The first-order chi connectivity index (χ1) is 25.5. The lowest BCUT2D eigenvalue weighted by molar-refractivity contribution is 0.659. The van der Waals surface area contributed by atoms with E-state index in [9.17, 15) is 0 Å². The summed E-state index contributed by atoms with van der Waals surface area (Å²) >= 11 is 0. The van der Waals surface area contributed by atoms with Crippen molar-refractivity contribution in [3.8, 4) is 44.9 Å². The summed E-state index contributed by atoms with van der Waals surface area (Å²) in [6, 6.07) is 61.5. The Morgan fingerprint density at radius 3 is 2.02 bits per heavy atom. The van der Waals surface area contributed by atoms with Gasteiger partial charge >= 0.3 is 0 Å². The number of hydrogen-bond donors (Lipinski definition) is 0. The van der Waals surface area contributed by atoms with Crippen LogP contribution in [0.3, 0.4) is 0 Å². The van der Waals surface area contributed by atoms with Gasteiger partial charge in [-0.1, -0.05) is 166 Å². The van der Waals surface area contributed by atoms with Gasteiger partial charge in [0.05, 0.1) is 11.2 Å². The van der Waals surface area contributed by atoms with Crippen LogP contribution in [-0.4, -0.2) is 9.97 Å². The van der Waals surface area contributed by atoms with Crippen LogP contribution in [0.5, 0.6) is 0 Å². The number of benzene rings is 8. The molecule has 1 aromatic heterocycles. The minimum absolute atomic E-state index is 0.00306. The van der Waals surface area contributed by atoms with E-state index in [0.29, 0.717) is 0 Å². The first-order valence-electron chi connectivity index (χ1n) is 18.1. The van der Waals surface area contributed by atoms with Gasteiger partial charge in [-0.15, -0.1) is 0 Å². The monoisotopic (exact) mass is 664 g/mol. The number of hydrogen-bond acceptors (Lipinski definition) is 2. The molecule has 0 saturated heterocycles. The Morgan fingerprint density at radius 2 is 1.12 bits per heavy atom. The minimum Gasteiger partial charge on any atom is -0.228 e. The van der Waals surface area contributed by atoms with Crippen LogP contribution in [0, 0.1) is 0 Å². The number of aromatic nitrogens is 2. The predicted octanol–water partition coefficient (Wildman–Crippen LogP) is 12.8. The summed E-state index contributed by atoms with van der Waals surface area (Å²) in [7, 11) is 0. The molecule has 10 rings (SSSR count). The van der Waals surface area contributed by atoms with E-state index in [1.165, 1.54) is 60.5 Å². The Bertz CT molecular complexity index is 2850. The average Bonchev–Trinajstić information content (AvgIpc) is 3.42. The van der Waals surface area contributed by atoms with Crippen LogP contribution in [-0.2, 0) is 11.8 Å². The SMILES string of the molecule is CC1(C)c2ccccc2-c2ccc(Cc3cccc(-c4cccc(-c5nc(-c6ccccc6)c6cc7c(ccc8ccccc87)cc6n5)c4)c3)cc21. The molecule has 52 heavy (non-hydrogen) atoms. The maximum atomic E-state index is 5.28. The Hall–Kier alpha value is -6.38. The van der Waals surface area contributed by atoms with E-state index in [1.807, 2.05) is 0 Å². The van der Waals surface area contributed by atoms with E-state index in [0.717, 1.165) is 45.5 Å².